The molecule has 396 valence electrons. The van der Waals surface area contributed by atoms with Crippen LogP contribution in [0.5, 0.6) is 0 Å². The normalized spacial score (nSPS) is 12.7. The van der Waals surface area contributed by atoms with Gasteiger partial charge in [0.05, 0.1) is 0 Å². The van der Waals surface area contributed by atoms with E-state index in [0.717, 1.165) is 83.5 Å². The van der Waals surface area contributed by atoms with Crippen LogP contribution < -0.4 is 0 Å². The Balaban J connectivity index is 4.43. The molecule has 0 aromatic heterocycles. The zero-order valence-electron chi connectivity index (χ0n) is 45.3. The molecule has 0 spiro atoms. The lowest BCUT2D eigenvalue weighted by Crippen LogP contribution is -2.30. The Kier molecular flexibility index (Phi) is 54.3. The maximum absolute atomic E-state index is 12.8. The Bertz CT molecular complexity index is 1330. The number of unbranched alkanes of at least 4 members (excludes halogenated alkanes) is 27. The van der Waals surface area contributed by atoms with E-state index in [4.69, 9.17) is 14.2 Å². The molecule has 6 heteroatoms. The summed E-state index contributed by atoms with van der Waals surface area (Å²) < 4.78 is 16.8. The zero-order valence-corrected chi connectivity index (χ0v) is 45.3. The highest BCUT2D eigenvalue weighted by atomic mass is 16.6. The number of allylic oxidation sites excluding steroid dienone is 14. The predicted octanol–water partition coefficient (Wildman–Crippen LogP) is 19.5. The van der Waals surface area contributed by atoms with Crippen molar-refractivity contribution in [1.82, 2.24) is 0 Å². The highest BCUT2D eigenvalue weighted by molar-refractivity contribution is 5.71. The fourth-order valence-corrected chi connectivity index (χ4v) is 8.04. The molecule has 0 aliphatic heterocycles. The van der Waals surface area contributed by atoms with E-state index < -0.39 is 6.10 Å². The second-order valence-corrected chi connectivity index (χ2v) is 19.2. The molecular formula is C63H108O6. The van der Waals surface area contributed by atoms with Crippen LogP contribution in [-0.4, -0.2) is 37.2 Å². The van der Waals surface area contributed by atoms with Crippen molar-refractivity contribution in [3.05, 3.63) is 85.1 Å². The Morgan fingerprint density at radius 3 is 0.928 bits per heavy atom. The van der Waals surface area contributed by atoms with E-state index in [-0.39, 0.29) is 37.5 Å². The fourth-order valence-electron chi connectivity index (χ4n) is 8.04. The molecule has 0 aliphatic rings. The van der Waals surface area contributed by atoms with Gasteiger partial charge in [0, 0.05) is 19.3 Å². The van der Waals surface area contributed by atoms with Crippen LogP contribution >= 0.6 is 0 Å². The number of hydrogen-bond donors (Lipinski definition) is 0. The van der Waals surface area contributed by atoms with E-state index in [9.17, 15) is 14.4 Å². The van der Waals surface area contributed by atoms with Crippen LogP contribution in [0, 0.1) is 0 Å². The third-order valence-corrected chi connectivity index (χ3v) is 12.4. The Labute approximate surface area is 426 Å². The van der Waals surface area contributed by atoms with Gasteiger partial charge in [-0.25, -0.2) is 0 Å². The first kappa shape index (κ1) is 65.6. The predicted molar refractivity (Wildman–Crippen MR) is 297 cm³/mol. The highest BCUT2D eigenvalue weighted by Crippen LogP contribution is 2.15. The van der Waals surface area contributed by atoms with Crippen molar-refractivity contribution >= 4 is 17.9 Å². The average Bonchev–Trinajstić information content (AvgIpc) is 3.35. The maximum Gasteiger partial charge on any atom is 0.306 e. The van der Waals surface area contributed by atoms with Gasteiger partial charge < -0.3 is 14.2 Å². The van der Waals surface area contributed by atoms with Gasteiger partial charge in [-0.2, -0.15) is 0 Å². The van der Waals surface area contributed by atoms with Crippen LogP contribution in [0.15, 0.2) is 85.1 Å². The van der Waals surface area contributed by atoms with Gasteiger partial charge in [-0.05, 0) is 89.9 Å². The number of esters is 3. The SMILES string of the molecule is CC/C=C\C/C=C\C/C=C\C/C=C\C/C=C\CCCC(=O)OC(COC(=O)CCCCCCCCCCC/C=C\C/C=C\CCCCCCC)COC(=O)CCCCCCCCCCCCCCC. The van der Waals surface area contributed by atoms with Gasteiger partial charge >= 0.3 is 17.9 Å². The lowest BCUT2D eigenvalue weighted by molar-refractivity contribution is -0.167. The van der Waals surface area contributed by atoms with Gasteiger partial charge in [0.1, 0.15) is 13.2 Å². The summed E-state index contributed by atoms with van der Waals surface area (Å²) in [5.74, 6) is -0.955. The molecule has 69 heavy (non-hydrogen) atoms. The van der Waals surface area contributed by atoms with Crippen molar-refractivity contribution in [1.29, 1.82) is 0 Å². The van der Waals surface area contributed by atoms with Crippen LogP contribution in [-0.2, 0) is 28.6 Å². The lowest BCUT2D eigenvalue weighted by atomic mass is 10.0. The summed E-state index contributed by atoms with van der Waals surface area (Å²) in [4.78, 5) is 38.1. The summed E-state index contributed by atoms with van der Waals surface area (Å²) >= 11 is 0. The Morgan fingerprint density at radius 1 is 0.304 bits per heavy atom. The van der Waals surface area contributed by atoms with Crippen molar-refractivity contribution in [2.24, 2.45) is 0 Å². The van der Waals surface area contributed by atoms with Crippen molar-refractivity contribution in [2.75, 3.05) is 13.2 Å². The topological polar surface area (TPSA) is 78.9 Å². The van der Waals surface area contributed by atoms with E-state index >= 15 is 0 Å². The summed E-state index contributed by atoms with van der Waals surface area (Å²) in [6, 6.07) is 0. The Hall–Kier alpha value is -3.41. The van der Waals surface area contributed by atoms with Crippen molar-refractivity contribution in [2.45, 2.75) is 284 Å². The molecule has 0 radical (unpaired) electrons. The standard InChI is InChI=1S/C63H108O6/c1-4-7-10-13-16-19-22-25-27-29-30-31-32-34-35-38-41-44-47-50-53-56-62(65)68-59-60(58-67-61(64)55-52-49-46-43-40-37-24-21-18-15-12-9-6-3)69-63(66)57-54-51-48-45-42-39-36-33-28-26-23-20-17-14-11-8-5-2/h8,11,17,20,22,25-26,28-30,36,39,45,48,60H,4-7,9-10,12-16,18-19,21,23-24,27,31-35,37-38,40-44,46-47,49-59H2,1-3H3/b11-8-,20-17-,25-22-,28-26-,30-29-,39-36-,48-45-. The highest BCUT2D eigenvalue weighted by Gasteiger charge is 2.19. The van der Waals surface area contributed by atoms with E-state index in [1.54, 1.807) is 0 Å². The van der Waals surface area contributed by atoms with Crippen molar-refractivity contribution in [3.63, 3.8) is 0 Å². The first-order chi connectivity index (χ1) is 34.0. The quantitative estimate of drug-likeness (QED) is 0.0262. The first-order valence-electron chi connectivity index (χ1n) is 29.1. The smallest absolute Gasteiger partial charge is 0.306 e. The molecule has 1 atom stereocenters. The van der Waals surface area contributed by atoms with Crippen LogP contribution in [0.2, 0.25) is 0 Å². The molecule has 6 nitrogen and oxygen atoms in total. The fraction of sp³-hybridized carbons (Fsp3) is 0.730. The summed E-state index contributed by atoms with van der Waals surface area (Å²) in [7, 11) is 0. The molecule has 0 saturated carbocycles. The molecule has 0 heterocycles. The molecule has 0 aromatic rings. The largest absolute Gasteiger partial charge is 0.462 e. The molecule has 0 aliphatic carbocycles. The van der Waals surface area contributed by atoms with Gasteiger partial charge in [0.2, 0.25) is 0 Å². The van der Waals surface area contributed by atoms with Crippen LogP contribution in [0.1, 0.15) is 278 Å². The number of hydrogen-bond acceptors (Lipinski definition) is 6. The van der Waals surface area contributed by atoms with Crippen molar-refractivity contribution < 1.29 is 28.6 Å². The summed E-state index contributed by atoms with van der Waals surface area (Å²) in [6.45, 7) is 6.48. The third kappa shape index (κ3) is 55.4. The molecule has 1 unspecified atom stereocenters. The molecule has 0 saturated heterocycles. The summed E-state index contributed by atoms with van der Waals surface area (Å²) in [5, 5.41) is 0. The van der Waals surface area contributed by atoms with Gasteiger partial charge in [0.25, 0.3) is 0 Å². The third-order valence-electron chi connectivity index (χ3n) is 12.4. The number of ether oxygens (including phenoxy) is 3. The zero-order chi connectivity index (χ0) is 50.0. The lowest BCUT2D eigenvalue weighted by Gasteiger charge is -2.18. The van der Waals surface area contributed by atoms with Crippen LogP contribution in [0.4, 0.5) is 0 Å². The molecule has 0 N–H and O–H groups in total. The minimum atomic E-state index is -0.807. The molecule has 0 rings (SSSR count). The van der Waals surface area contributed by atoms with E-state index in [1.807, 2.05) is 0 Å². The van der Waals surface area contributed by atoms with Gasteiger partial charge in [-0.1, -0.05) is 254 Å². The van der Waals surface area contributed by atoms with E-state index in [0.29, 0.717) is 19.3 Å². The second kappa shape index (κ2) is 57.2. The Morgan fingerprint density at radius 2 is 0.580 bits per heavy atom. The van der Waals surface area contributed by atoms with Gasteiger partial charge in [0.15, 0.2) is 6.10 Å². The monoisotopic (exact) mass is 961 g/mol. The maximum atomic E-state index is 12.8. The van der Waals surface area contributed by atoms with Gasteiger partial charge in [-0.3, -0.25) is 14.4 Å². The van der Waals surface area contributed by atoms with E-state index in [1.165, 1.54) is 148 Å². The van der Waals surface area contributed by atoms with Gasteiger partial charge in [-0.15, -0.1) is 0 Å². The van der Waals surface area contributed by atoms with Crippen LogP contribution in [0.3, 0.4) is 0 Å². The number of carbonyl (C=O) groups excluding carboxylic acids is 3. The summed E-state index contributed by atoms with van der Waals surface area (Å²) in [6.07, 6.45) is 74.4. The van der Waals surface area contributed by atoms with Crippen molar-refractivity contribution in [3.8, 4) is 0 Å². The minimum Gasteiger partial charge on any atom is -0.462 e. The average molecular weight is 962 g/mol. The molecule has 0 fully saturated rings. The van der Waals surface area contributed by atoms with E-state index in [2.05, 4.69) is 106 Å². The number of rotatable bonds is 52. The number of carbonyl (C=O) groups is 3. The molecular weight excluding hydrogens is 853 g/mol. The molecule has 0 amide bonds. The molecule has 0 aromatic carbocycles. The minimum absolute atomic E-state index is 0.0985. The van der Waals surface area contributed by atoms with Crippen LogP contribution in [0.25, 0.3) is 0 Å². The molecule has 0 bridgehead atoms. The second-order valence-electron chi connectivity index (χ2n) is 19.2. The summed E-state index contributed by atoms with van der Waals surface area (Å²) in [5.41, 5.74) is 0. The first-order valence-corrected chi connectivity index (χ1v) is 29.1.